The van der Waals surface area contributed by atoms with Gasteiger partial charge in [-0.2, -0.15) is 0 Å². The molecule has 1 radical (unpaired) electrons. The number of rotatable bonds is 8. The maximum absolute atomic E-state index is 11.5. The van der Waals surface area contributed by atoms with E-state index in [1.165, 1.54) is 19.0 Å². The van der Waals surface area contributed by atoms with Crippen molar-refractivity contribution in [2.45, 2.75) is 19.4 Å². The molecule has 0 aliphatic heterocycles. The fraction of sp³-hybridized carbons (Fsp3) is 0.700. The van der Waals surface area contributed by atoms with Gasteiger partial charge in [-0.05, 0) is 0 Å². The molecule has 0 aromatic heterocycles. The van der Waals surface area contributed by atoms with E-state index in [2.05, 4.69) is 9.26 Å². The summed E-state index contributed by atoms with van der Waals surface area (Å²) in [6.45, 7) is 0.417. The van der Waals surface area contributed by atoms with Crippen LogP contribution in [0.1, 0.15) is 13.3 Å². The van der Waals surface area contributed by atoms with Crippen molar-refractivity contribution in [3.63, 3.8) is 0 Å². The minimum absolute atomic E-state index is 0. The predicted molar refractivity (Wildman–Crippen MR) is 67.0 cm³/mol. The van der Waals surface area contributed by atoms with Crippen LogP contribution in [0.4, 0.5) is 0 Å². The van der Waals surface area contributed by atoms with Crippen molar-refractivity contribution in [3.05, 3.63) is 0 Å². The average molecular weight is 400 g/mol. The van der Waals surface area contributed by atoms with E-state index in [0.717, 1.165) is 6.92 Å². The molecule has 1 N–H and O–H groups in total. The summed E-state index contributed by atoms with van der Waals surface area (Å²) in [5.74, 6) is -1.91. The Labute approximate surface area is 148 Å². The van der Waals surface area contributed by atoms with E-state index in [1.807, 2.05) is 0 Å². The van der Waals surface area contributed by atoms with Crippen LogP contribution in [-0.2, 0) is 65.7 Å². The number of esters is 2. The van der Waals surface area contributed by atoms with Crippen molar-refractivity contribution in [3.8, 4) is 0 Å². The molecule has 9 nitrogen and oxygen atoms in total. The molecular weight excluding hydrogens is 382 g/mol. The van der Waals surface area contributed by atoms with Gasteiger partial charge in [0.1, 0.15) is 13.0 Å². The summed E-state index contributed by atoms with van der Waals surface area (Å²) >= 11 is 0. The smallest absolute Gasteiger partial charge is 0.316 e. The van der Waals surface area contributed by atoms with Crippen molar-refractivity contribution in [2.75, 3.05) is 27.3 Å². The summed E-state index contributed by atoms with van der Waals surface area (Å²) in [7, 11) is -0.237. The number of hydrogen-bond donors (Lipinski definition) is 1. The third-order valence-electron chi connectivity index (χ3n) is 1.96. The van der Waals surface area contributed by atoms with Crippen molar-refractivity contribution >= 4 is 26.1 Å². The molecule has 11 heteroatoms. The van der Waals surface area contributed by atoms with Crippen molar-refractivity contribution in [1.29, 1.82) is 0 Å². The van der Waals surface area contributed by atoms with E-state index in [4.69, 9.17) is 9.63 Å². The van der Waals surface area contributed by atoms with Crippen molar-refractivity contribution < 1.29 is 70.5 Å². The van der Waals surface area contributed by atoms with Crippen LogP contribution in [0.5, 0.6) is 0 Å². The molecule has 21 heavy (non-hydrogen) atoms. The third-order valence-corrected chi connectivity index (χ3v) is 2.37. The summed E-state index contributed by atoms with van der Waals surface area (Å²) in [4.78, 5) is 43.2. The third kappa shape index (κ3) is 13.1. The van der Waals surface area contributed by atoms with Gasteiger partial charge in [0.15, 0.2) is 6.10 Å². The Hall–Kier alpha value is -0.336. The van der Waals surface area contributed by atoms with Crippen molar-refractivity contribution in [2.24, 2.45) is 0 Å². The second-order valence-electron chi connectivity index (χ2n) is 3.96. The molecular formula is C10H18NO8PY. The molecule has 0 fully saturated rings. The summed E-state index contributed by atoms with van der Waals surface area (Å²) in [6, 6.07) is 0. The van der Waals surface area contributed by atoms with Gasteiger partial charge in [0, 0.05) is 53.7 Å². The normalized spacial score (nSPS) is 12.6. The van der Waals surface area contributed by atoms with E-state index in [-0.39, 0.29) is 39.3 Å². The Morgan fingerprint density at radius 1 is 1.24 bits per heavy atom. The first kappa shape index (κ1) is 22.9. The van der Waals surface area contributed by atoms with Crippen LogP contribution in [0.2, 0.25) is 0 Å². The molecule has 2 unspecified atom stereocenters. The van der Waals surface area contributed by atoms with Gasteiger partial charge in [0.25, 0.3) is 0 Å². The molecule has 0 aromatic rings. The van der Waals surface area contributed by atoms with Crippen LogP contribution in [0.3, 0.4) is 0 Å². The molecule has 0 aliphatic rings. The quantitative estimate of drug-likeness (QED) is 0.324. The number of amides is 1. The number of carbonyl (C=O) groups is 3. The summed E-state index contributed by atoms with van der Waals surface area (Å²) in [5.41, 5.74) is 0. The van der Waals surface area contributed by atoms with Crippen LogP contribution < -0.4 is 0 Å². The van der Waals surface area contributed by atoms with Gasteiger partial charge in [-0.25, -0.2) is 0 Å². The molecule has 0 aromatic carbocycles. The van der Waals surface area contributed by atoms with Gasteiger partial charge in [0.2, 0.25) is 5.91 Å². The second kappa shape index (κ2) is 12.2. The molecule has 0 saturated heterocycles. The standard InChI is InChI=1S/C10H18NO8P.Y/c1-7(12)17-5-8(6-18-20(15)16)19-10(14)4-9(13)11(2)3;/h8,20H,4-6H2,1-3H3,(H,15,16);. The zero-order valence-corrected chi connectivity index (χ0v) is 15.9. The molecule has 2 atom stereocenters. The Kier molecular flexibility index (Phi) is 13.4. The van der Waals surface area contributed by atoms with Crippen LogP contribution in [0.25, 0.3) is 0 Å². The Balaban J connectivity index is 0. The molecule has 0 saturated carbocycles. The molecule has 0 aliphatic carbocycles. The molecule has 0 spiro atoms. The Morgan fingerprint density at radius 2 is 1.81 bits per heavy atom. The van der Waals surface area contributed by atoms with E-state index in [0.29, 0.717) is 0 Å². The molecule has 0 bridgehead atoms. The minimum atomic E-state index is -3.20. The summed E-state index contributed by atoms with van der Waals surface area (Å²) in [5, 5.41) is 0. The molecule has 0 rings (SSSR count). The van der Waals surface area contributed by atoms with Gasteiger partial charge >= 0.3 is 20.2 Å². The number of nitrogens with zero attached hydrogens (tertiary/aromatic N) is 1. The van der Waals surface area contributed by atoms with Crippen LogP contribution in [0.15, 0.2) is 0 Å². The van der Waals surface area contributed by atoms with Gasteiger partial charge in [-0.1, -0.05) is 0 Å². The number of carbonyl (C=O) groups excluding carboxylic acids is 3. The zero-order valence-electron chi connectivity index (χ0n) is 12.0. The van der Waals surface area contributed by atoms with Crippen LogP contribution in [0, 0.1) is 0 Å². The van der Waals surface area contributed by atoms with E-state index >= 15 is 0 Å². The van der Waals surface area contributed by atoms with Gasteiger partial charge in [0.05, 0.1) is 6.61 Å². The number of hydrogen-bond acceptors (Lipinski definition) is 7. The monoisotopic (exact) mass is 400 g/mol. The fourth-order valence-electron chi connectivity index (χ4n) is 1.000. The van der Waals surface area contributed by atoms with Crippen LogP contribution >= 0.6 is 8.25 Å². The first-order valence-electron chi connectivity index (χ1n) is 5.61. The molecule has 1 amide bonds. The minimum Gasteiger partial charge on any atom is -0.462 e. The number of ether oxygens (including phenoxy) is 2. The first-order chi connectivity index (χ1) is 9.22. The Bertz CT molecular complexity index is 371. The second-order valence-corrected chi connectivity index (χ2v) is 4.78. The predicted octanol–water partition coefficient (Wildman–Crippen LogP) is -0.664. The Morgan fingerprint density at radius 3 is 2.24 bits per heavy atom. The maximum Gasteiger partial charge on any atom is 0.316 e. The van der Waals surface area contributed by atoms with Gasteiger partial charge in [-0.3, -0.25) is 18.9 Å². The zero-order chi connectivity index (χ0) is 15.7. The van der Waals surface area contributed by atoms with E-state index < -0.39 is 45.2 Å². The summed E-state index contributed by atoms with van der Waals surface area (Å²) in [6.07, 6.45) is -1.54. The van der Waals surface area contributed by atoms with E-state index in [1.54, 1.807) is 0 Å². The van der Waals surface area contributed by atoms with Gasteiger partial charge in [-0.15, -0.1) is 0 Å². The largest absolute Gasteiger partial charge is 0.462 e. The maximum atomic E-state index is 11.5. The fourth-order valence-corrected chi connectivity index (χ4v) is 1.33. The molecule has 0 heterocycles. The van der Waals surface area contributed by atoms with E-state index in [9.17, 15) is 18.9 Å². The average Bonchev–Trinajstić information content (AvgIpc) is 2.31. The SMILES string of the molecule is CC(=O)OCC(CO[PH](=O)O)OC(=O)CC(=O)N(C)C.[Y]. The topological polar surface area (TPSA) is 119 Å². The van der Waals surface area contributed by atoms with Crippen LogP contribution in [-0.4, -0.2) is 61.1 Å². The molecule has 119 valence electrons. The van der Waals surface area contributed by atoms with Gasteiger partial charge < -0.3 is 23.8 Å². The summed E-state index contributed by atoms with van der Waals surface area (Å²) < 4.78 is 24.4. The van der Waals surface area contributed by atoms with Crippen molar-refractivity contribution in [1.82, 2.24) is 4.90 Å². The first-order valence-corrected chi connectivity index (χ1v) is 6.87.